The Balaban J connectivity index is 1.99. The van der Waals surface area contributed by atoms with Crippen LogP contribution in [0.4, 0.5) is 11.5 Å². The minimum absolute atomic E-state index is 0.00308. The third-order valence-corrected chi connectivity index (χ3v) is 3.87. The van der Waals surface area contributed by atoms with Gasteiger partial charge in [0.1, 0.15) is 11.4 Å². The predicted molar refractivity (Wildman–Crippen MR) is 98.8 cm³/mol. The van der Waals surface area contributed by atoms with Gasteiger partial charge in [0.15, 0.2) is 0 Å². The third-order valence-electron chi connectivity index (χ3n) is 3.87. The van der Waals surface area contributed by atoms with E-state index in [0.717, 1.165) is 22.5 Å². The molecule has 0 saturated heterocycles. The van der Waals surface area contributed by atoms with Crippen LogP contribution >= 0.6 is 0 Å². The summed E-state index contributed by atoms with van der Waals surface area (Å²) in [7, 11) is 0. The van der Waals surface area contributed by atoms with E-state index in [0.29, 0.717) is 5.82 Å². The van der Waals surface area contributed by atoms with Crippen LogP contribution in [0.3, 0.4) is 0 Å². The average molecular weight is 350 g/mol. The van der Waals surface area contributed by atoms with Gasteiger partial charge in [-0.15, -0.1) is 0 Å². The minimum Gasteiger partial charge on any atom is -0.306 e. The number of carbonyl (C=O) groups is 1. The third kappa shape index (κ3) is 3.46. The van der Waals surface area contributed by atoms with Gasteiger partial charge in [0.2, 0.25) is 0 Å². The van der Waals surface area contributed by atoms with Crippen LogP contribution in [0.1, 0.15) is 27.2 Å². The zero-order valence-electron chi connectivity index (χ0n) is 14.7. The van der Waals surface area contributed by atoms with Crippen molar-refractivity contribution in [1.82, 2.24) is 9.78 Å². The van der Waals surface area contributed by atoms with Gasteiger partial charge in [-0.2, -0.15) is 5.10 Å². The topological polar surface area (TPSA) is 90.1 Å². The van der Waals surface area contributed by atoms with E-state index in [1.807, 2.05) is 39.0 Å². The number of nitro benzene ring substituents is 1. The van der Waals surface area contributed by atoms with Gasteiger partial charge in [-0.3, -0.25) is 14.9 Å². The summed E-state index contributed by atoms with van der Waals surface area (Å²) in [5, 5.41) is 18.3. The van der Waals surface area contributed by atoms with Crippen molar-refractivity contribution >= 4 is 17.4 Å². The van der Waals surface area contributed by atoms with Crippen molar-refractivity contribution in [1.29, 1.82) is 0 Å². The molecule has 0 radical (unpaired) electrons. The summed E-state index contributed by atoms with van der Waals surface area (Å²) < 4.78 is 1.63. The molecule has 1 aromatic heterocycles. The highest BCUT2D eigenvalue weighted by atomic mass is 16.6. The van der Waals surface area contributed by atoms with Crippen molar-refractivity contribution in [3.05, 3.63) is 81.0 Å². The molecule has 0 spiro atoms. The number of hydrogen-bond acceptors (Lipinski definition) is 4. The summed E-state index contributed by atoms with van der Waals surface area (Å²) in [5.41, 5.74) is 3.45. The van der Waals surface area contributed by atoms with Crippen molar-refractivity contribution in [2.24, 2.45) is 0 Å². The van der Waals surface area contributed by atoms with Gasteiger partial charge in [0.05, 0.1) is 16.3 Å². The number of nitrogens with one attached hydrogen (secondary N) is 1. The second kappa shape index (κ2) is 6.79. The van der Waals surface area contributed by atoms with Crippen molar-refractivity contribution in [2.45, 2.75) is 20.8 Å². The first kappa shape index (κ1) is 17.3. The molecule has 1 amide bonds. The first-order chi connectivity index (χ1) is 12.3. The summed E-state index contributed by atoms with van der Waals surface area (Å²) in [6.07, 6.45) is 0. The fourth-order valence-corrected chi connectivity index (χ4v) is 2.87. The maximum absolute atomic E-state index is 12.6. The molecule has 0 aliphatic heterocycles. The second-order valence-corrected chi connectivity index (χ2v) is 6.16. The van der Waals surface area contributed by atoms with Gasteiger partial charge in [0, 0.05) is 12.1 Å². The second-order valence-electron chi connectivity index (χ2n) is 6.16. The Hall–Kier alpha value is -3.48. The zero-order valence-corrected chi connectivity index (χ0v) is 14.7. The van der Waals surface area contributed by atoms with Crippen LogP contribution in [0, 0.1) is 30.9 Å². The number of nitrogens with zero attached hydrogens (tertiary/aromatic N) is 3. The Bertz CT molecular complexity index is 988. The molecule has 0 saturated carbocycles. The number of rotatable bonds is 4. The van der Waals surface area contributed by atoms with Gasteiger partial charge >= 0.3 is 0 Å². The van der Waals surface area contributed by atoms with Crippen LogP contribution in [0.2, 0.25) is 0 Å². The molecule has 7 heteroatoms. The number of carbonyl (C=O) groups excluding carboxylic acids is 1. The number of nitro groups is 1. The molecule has 0 unspecified atom stereocenters. The highest BCUT2D eigenvalue weighted by Crippen LogP contribution is 2.23. The Morgan fingerprint density at radius 2 is 1.73 bits per heavy atom. The van der Waals surface area contributed by atoms with Crippen molar-refractivity contribution in [3.63, 3.8) is 0 Å². The first-order valence-electron chi connectivity index (χ1n) is 8.05. The van der Waals surface area contributed by atoms with E-state index in [1.54, 1.807) is 16.8 Å². The molecule has 132 valence electrons. The summed E-state index contributed by atoms with van der Waals surface area (Å²) in [6, 6.07) is 13.5. The molecular formula is C19H18N4O3. The van der Waals surface area contributed by atoms with Crippen LogP contribution in [0.5, 0.6) is 0 Å². The minimum atomic E-state index is -0.568. The zero-order chi connectivity index (χ0) is 18.8. The van der Waals surface area contributed by atoms with Gasteiger partial charge in [-0.25, -0.2) is 4.68 Å². The summed E-state index contributed by atoms with van der Waals surface area (Å²) in [5.74, 6) is -0.0986. The highest BCUT2D eigenvalue weighted by Gasteiger charge is 2.21. The number of para-hydroxylation sites is 1. The number of benzene rings is 2. The van der Waals surface area contributed by atoms with Crippen LogP contribution in [0.15, 0.2) is 48.5 Å². The van der Waals surface area contributed by atoms with E-state index < -0.39 is 10.8 Å². The lowest BCUT2D eigenvalue weighted by Gasteiger charge is -2.11. The fourth-order valence-electron chi connectivity index (χ4n) is 2.87. The number of amides is 1. The summed E-state index contributed by atoms with van der Waals surface area (Å²) in [4.78, 5) is 23.2. The molecule has 0 aliphatic rings. The molecule has 0 bridgehead atoms. The summed E-state index contributed by atoms with van der Waals surface area (Å²) in [6.45, 7) is 5.79. The molecule has 26 heavy (non-hydrogen) atoms. The standard InChI is InChI=1S/C19H18N4O3/c1-12-8-13(2)10-15(9-12)22-18(11-14(3)21-22)20-19(24)16-6-4-5-7-17(16)23(25)26/h4-11H,1-3H3,(H,20,24). The molecule has 3 aromatic rings. The Morgan fingerprint density at radius 3 is 2.38 bits per heavy atom. The molecular weight excluding hydrogens is 332 g/mol. The van der Waals surface area contributed by atoms with Crippen LogP contribution in [0.25, 0.3) is 5.69 Å². The van der Waals surface area contributed by atoms with E-state index in [9.17, 15) is 14.9 Å². The monoisotopic (exact) mass is 350 g/mol. The average Bonchev–Trinajstić information content (AvgIpc) is 2.94. The number of anilines is 1. The molecule has 3 rings (SSSR count). The maximum atomic E-state index is 12.6. The molecule has 1 N–H and O–H groups in total. The van der Waals surface area contributed by atoms with Crippen molar-refractivity contribution < 1.29 is 9.72 Å². The quantitative estimate of drug-likeness (QED) is 0.570. The molecule has 0 aliphatic carbocycles. The Kier molecular flexibility index (Phi) is 4.53. The molecule has 1 heterocycles. The SMILES string of the molecule is Cc1cc(C)cc(-n2nc(C)cc2NC(=O)c2ccccc2[N+](=O)[O-])c1. The van der Waals surface area contributed by atoms with Crippen molar-refractivity contribution in [2.75, 3.05) is 5.32 Å². The number of aryl methyl sites for hydroxylation is 3. The van der Waals surface area contributed by atoms with E-state index in [1.165, 1.54) is 18.2 Å². The molecule has 2 aromatic carbocycles. The van der Waals surface area contributed by atoms with E-state index >= 15 is 0 Å². The van der Waals surface area contributed by atoms with E-state index in [4.69, 9.17) is 0 Å². The van der Waals surface area contributed by atoms with Gasteiger partial charge in [0.25, 0.3) is 11.6 Å². The molecule has 7 nitrogen and oxygen atoms in total. The Morgan fingerprint density at radius 1 is 1.08 bits per heavy atom. The smallest absolute Gasteiger partial charge is 0.282 e. The van der Waals surface area contributed by atoms with Gasteiger partial charge < -0.3 is 5.32 Å². The first-order valence-corrected chi connectivity index (χ1v) is 8.05. The summed E-state index contributed by atoms with van der Waals surface area (Å²) >= 11 is 0. The lowest BCUT2D eigenvalue weighted by atomic mass is 10.1. The predicted octanol–water partition coefficient (Wildman–Crippen LogP) is 3.96. The molecule has 0 fully saturated rings. The lowest BCUT2D eigenvalue weighted by molar-refractivity contribution is -0.385. The Labute approximate surface area is 150 Å². The van der Waals surface area contributed by atoms with Crippen LogP contribution < -0.4 is 5.32 Å². The van der Waals surface area contributed by atoms with Gasteiger partial charge in [-0.1, -0.05) is 18.2 Å². The highest BCUT2D eigenvalue weighted by molar-refractivity contribution is 6.06. The van der Waals surface area contributed by atoms with E-state index in [-0.39, 0.29) is 11.3 Å². The number of aromatic nitrogens is 2. The normalized spacial score (nSPS) is 10.6. The lowest BCUT2D eigenvalue weighted by Crippen LogP contribution is -2.16. The maximum Gasteiger partial charge on any atom is 0.282 e. The fraction of sp³-hybridized carbons (Fsp3) is 0.158. The largest absolute Gasteiger partial charge is 0.306 e. The number of hydrogen-bond donors (Lipinski definition) is 1. The van der Waals surface area contributed by atoms with Gasteiger partial charge in [-0.05, 0) is 50.1 Å². The van der Waals surface area contributed by atoms with E-state index in [2.05, 4.69) is 10.4 Å². The van der Waals surface area contributed by atoms with Crippen molar-refractivity contribution in [3.8, 4) is 5.69 Å². The molecule has 0 atom stereocenters. The van der Waals surface area contributed by atoms with Crippen LogP contribution in [-0.2, 0) is 0 Å². The van der Waals surface area contributed by atoms with Crippen LogP contribution in [-0.4, -0.2) is 20.6 Å².